The van der Waals surface area contributed by atoms with Gasteiger partial charge in [-0.3, -0.25) is 10.1 Å². The average molecular weight is 285 g/mol. The molecule has 0 amide bonds. The van der Waals surface area contributed by atoms with Gasteiger partial charge in [0.25, 0.3) is 0 Å². The monoisotopic (exact) mass is 285 g/mol. The Morgan fingerprint density at radius 3 is 2.52 bits per heavy atom. The topological polar surface area (TPSA) is 61.6 Å². The zero-order valence-electron chi connectivity index (χ0n) is 11.6. The van der Waals surface area contributed by atoms with E-state index in [1.165, 1.54) is 19.3 Å². The number of hydrogen-bond acceptors (Lipinski definition) is 4. The summed E-state index contributed by atoms with van der Waals surface area (Å²) in [6, 6.07) is 12.6. The molecule has 0 unspecified atom stereocenters. The highest BCUT2D eigenvalue weighted by Gasteiger charge is 2.20. The van der Waals surface area contributed by atoms with Crippen LogP contribution in [0.1, 0.15) is 11.1 Å². The Labute approximate surface area is 122 Å². The summed E-state index contributed by atoms with van der Waals surface area (Å²) in [5, 5.41) is 11.0. The maximum Gasteiger partial charge on any atom is 0.311 e. The number of hydrogen-bond donors (Lipinski definition) is 0. The Morgan fingerprint density at radius 1 is 1.24 bits per heavy atom. The van der Waals surface area contributed by atoms with E-state index < -0.39 is 4.92 Å². The normalized spacial score (nSPS) is 9.95. The fourth-order valence-electron chi connectivity index (χ4n) is 1.98. The average Bonchev–Trinajstić information content (AvgIpc) is 2.52. The van der Waals surface area contributed by atoms with Crippen molar-refractivity contribution in [1.29, 1.82) is 0 Å². The molecular formula is C16H15NO4. The van der Waals surface area contributed by atoms with Gasteiger partial charge >= 0.3 is 5.69 Å². The molecule has 0 saturated heterocycles. The lowest BCUT2D eigenvalue weighted by molar-refractivity contribution is -0.385. The number of ether oxygens (including phenoxy) is 2. The van der Waals surface area contributed by atoms with Crippen LogP contribution in [0.4, 0.5) is 5.69 Å². The maximum atomic E-state index is 11.0. The van der Waals surface area contributed by atoms with Crippen LogP contribution in [-0.2, 0) is 6.61 Å². The molecule has 5 heteroatoms. The van der Waals surface area contributed by atoms with Crippen LogP contribution < -0.4 is 9.47 Å². The van der Waals surface area contributed by atoms with Gasteiger partial charge in [-0.15, -0.1) is 0 Å². The highest BCUT2D eigenvalue weighted by molar-refractivity contribution is 5.69. The first-order valence-corrected chi connectivity index (χ1v) is 6.32. The van der Waals surface area contributed by atoms with Crippen LogP contribution in [0.15, 0.2) is 49.0 Å². The van der Waals surface area contributed by atoms with Gasteiger partial charge in [-0.1, -0.05) is 43.0 Å². The quantitative estimate of drug-likeness (QED) is 0.598. The lowest BCUT2D eigenvalue weighted by Gasteiger charge is -2.12. The zero-order chi connectivity index (χ0) is 15.2. The van der Waals surface area contributed by atoms with Gasteiger partial charge in [0, 0.05) is 6.07 Å². The fraction of sp³-hybridized carbons (Fsp3) is 0.125. The van der Waals surface area contributed by atoms with E-state index in [9.17, 15) is 10.1 Å². The molecule has 2 aromatic rings. The van der Waals surface area contributed by atoms with Gasteiger partial charge in [-0.05, 0) is 11.6 Å². The van der Waals surface area contributed by atoms with Crippen LogP contribution in [-0.4, -0.2) is 12.0 Å². The molecule has 21 heavy (non-hydrogen) atoms. The largest absolute Gasteiger partial charge is 0.490 e. The van der Waals surface area contributed by atoms with Gasteiger partial charge in [0.05, 0.1) is 17.6 Å². The van der Waals surface area contributed by atoms with E-state index in [0.29, 0.717) is 17.9 Å². The molecule has 2 aromatic carbocycles. The Balaban J connectivity index is 2.31. The summed E-state index contributed by atoms with van der Waals surface area (Å²) in [5.41, 5.74) is 1.37. The molecule has 0 aliphatic heterocycles. The molecule has 0 aromatic heterocycles. The molecule has 0 radical (unpaired) electrons. The van der Waals surface area contributed by atoms with Gasteiger partial charge in [-0.25, -0.2) is 0 Å². The summed E-state index contributed by atoms with van der Waals surface area (Å²) in [7, 11) is 1.39. The van der Waals surface area contributed by atoms with Crippen molar-refractivity contribution in [1.82, 2.24) is 0 Å². The van der Waals surface area contributed by atoms with Gasteiger partial charge < -0.3 is 9.47 Å². The Kier molecular flexibility index (Phi) is 4.56. The fourth-order valence-corrected chi connectivity index (χ4v) is 1.98. The van der Waals surface area contributed by atoms with Crippen molar-refractivity contribution in [3.05, 3.63) is 70.3 Å². The molecule has 5 nitrogen and oxygen atoms in total. The third-order valence-corrected chi connectivity index (χ3v) is 2.98. The van der Waals surface area contributed by atoms with Crippen LogP contribution in [0.25, 0.3) is 6.08 Å². The highest BCUT2D eigenvalue weighted by Crippen LogP contribution is 2.38. The SMILES string of the molecule is C=Cc1c(OCc2ccccc2)ccc([N+](=O)[O-])c1OC. The molecule has 0 bridgehead atoms. The second-order valence-electron chi connectivity index (χ2n) is 4.27. The van der Waals surface area contributed by atoms with Crippen LogP contribution >= 0.6 is 0 Å². The molecule has 0 heterocycles. The van der Waals surface area contributed by atoms with E-state index in [4.69, 9.17) is 9.47 Å². The molecule has 0 fully saturated rings. The molecule has 0 N–H and O–H groups in total. The van der Waals surface area contributed by atoms with E-state index in [-0.39, 0.29) is 11.4 Å². The van der Waals surface area contributed by atoms with Crippen molar-refractivity contribution in [2.75, 3.05) is 7.11 Å². The third kappa shape index (κ3) is 3.20. The van der Waals surface area contributed by atoms with Crippen molar-refractivity contribution in [3.8, 4) is 11.5 Å². The lowest BCUT2D eigenvalue weighted by atomic mass is 10.1. The van der Waals surface area contributed by atoms with Crippen molar-refractivity contribution in [2.45, 2.75) is 6.61 Å². The second-order valence-corrected chi connectivity index (χ2v) is 4.27. The number of nitro groups is 1. The van der Waals surface area contributed by atoms with E-state index in [0.717, 1.165) is 5.56 Å². The first kappa shape index (κ1) is 14.6. The predicted octanol–water partition coefficient (Wildman–Crippen LogP) is 3.83. The van der Waals surface area contributed by atoms with Crippen molar-refractivity contribution < 1.29 is 14.4 Å². The maximum absolute atomic E-state index is 11.0. The Bertz CT molecular complexity index is 653. The number of rotatable bonds is 6. The standard InChI is InChI=1S/C16H15NO4/c1-3-13-15(21-11-12-7-5-4-6-8-12)10-9-14(17(18)19)16(13)20-2/h3-10H,1,11H2,2H3. The Hall–Kier alpha value is -2.82. The first-order chi connectivity index (χ1) is 10.2. The molecule has 0 aliphatic rings. The number of methoxy groups -OCH3 is 1. The minimum Gasteiger partial charge on any atom is -0.490 e. The summed E-state index contributed by atoms with van der Waals surface area (Å²) in [5.74, 6) is 0.650. The predicted molar refractivity (Wildman–Crippen MR) is 80.5 cm³/mol. The molecule has 0 atom stereocenters. The summed E-state index contributed by atoms with van der Waals surface area (Å²) in [6.07, 6.45) is 1.49. The van der Waals surface area contributed by atoms with Crippen LogP contribution in [0.2, 0.25) is 0 Å². The third-order valence-electron chi connectivity index (χ3n) is 2.98. The minimum atomic E-state index is -0.493. The van der Waals surface area contributed by atoms with Gasteiger partial charge in [-0.2, -0.15) is 0 Å². The smallest absolute Gasteiger partial charge is 0.311 e. The van der Waals surface area contributed by atoms with E-state index in [2.05, 4.69) is 6.58 Å². The number of nitro benzene ring substituents is 1. The molecule has 2 rings (SSSR count). The number of nitrogens with zero attached hydrogens (tertiary/aromatic N) is 1. The lowest BCUT2D eigenvalue weighted by Crippen LogP contribution is -2.01. The summed E-state index contributed by atoms with van der Waals surface area (Å²) in [6.45, 7) is 4.04. The van der Waals surface area contributed by atoms with Crippen LogP contribution in [0.5, 0.6) is 11.5 Å². The number of benzene rings is 2. The summed E-state index contributed by atoms with van der Waals surface area (Å²) >= 11 is 0. The van der Waals surface area contributed by atoms with E-state index >= 15 is 0 Å². The van der Waals surface area contributed by atoms with Crippen molar-refractivity contribution >= 4 is 11.8 Å². The molecule has 108 valence electrons. The first-order valence-electron chi connectivity index (χ1n) is 6.32. The van der Waals surface area contributed by atoms with Crippen molar-refractivity contribution in [2.24, 2.45) is 0 Å². The van der Waals surface area contributed by atoms with Crippen LogP contribution in [0, 0.1) is 10.1 Å². The van der Waals surface area contributed by atoms with Gasteiger partial charge in [0.1, 0.15) is 12.4 Å². The molecule has 0 spiro atoms. The van der Waals surface area contributed by atoms with Gasteiger partial charge in [0.15, 0.2) is 0 Å². The van der Waals surface area contributed by atoms with Gasteiger partial charge in [0.2, 0.25) is 5.75 Å². The molecule has 0 saturated carbocycles. The highest BCUT2D eigenvalue weighted by atomic mass is 16.6. The van der Waals surface area contributed by atoms with Crippen LogP contribution in [0.3, 0.4) is 0 Å². The molecular weight excluding hydrogens is 270 g/mol. The summed E-state index contributed by atoms with van der Waals surface area (Å²) in [4.78, 5) is 10.5. The molecule has 0 aliphatic carbocycles. The minimum absolute atomic E-state index is 0.112. The van der Waals surface area contributed by atoms with Crippen molar-refractivity contribution in [3.63, 3.8) is 0 Å². The van der Waals surface area contributed by atoms with E-state index in [1.54, 1.807) is 6.07 Å². The second kappa shape index (κ2) is 6.56. The Morgan fingerprint density at radius 2 is 1.95 bits per heavy atom. The summed E-state index contributed by atoms with van der Waals surface area (Å²) < 4.78 is 10.8. The zero-order valence-corrected chi connectivity index (χ0v) is 11.6. The van der Waals surface area contributed by atoms with E-state index in [1.807, 2.05) is 30.3 Å².